The standard InChI is InChI=1S/C27H23FN2O4/c28-22-6-2-1-5-21(22)18-30-23-7-3-4-8-24(23)34-25(27(30)32)17-19-9-11-20(12-10-19)26(31)29-13-15-33-16-14-29/h1-12,17H,13-16,18H2. The predicted molar refractivity (Wildman–Crippen MR) is 126 cm³/mol. The summed E-state index contributed by atoms with van der Waals surface area (Å²) in [5, 5.41) is 0. The van der Waals surface area contributed by atoms with Crippen molar-refractivity contribution in [2.24, 2.45) is 0 Å². The minimum absolute atomic E-state index is 0.0440. The molecule has 172 valence electrons. The number of benzene rings is 3. The highest BCUT2D eigenvalue weighted by molar-refractivity contribution is 6.09. The van der Waals surface area contributed by atoms with Crippen LogP contribution in [-0.2, 0) is 16.1 Å². The first-order valence-corrected chi connectivity index (χ1v) is 11.1. The van der Waals surface area contributed by atoms with Crippen molar-refractivity contribution in [1.82, 2.24) is 4.90 Å². The summed E-state index contributed by atoms with van der Waals surface area (Å²) >= 11 is 0. The van der Waals surface area contributed by atoms with Gasteiger partial charge in [0.05, 0.1) is 25.4 Å². The third-order valence-corrected chi connectivity index (χ3v) is 5.87. The van der Waals surface area contributed by atoms with Gasteiger partial charge in [-0.05, 0) is 42.0 Å². The maximum atomic E-state index is 14.3. The van der Waals surface area contributed by atoms with Gasteiger partial charge in [-0.3, -0.25) is 14.5 Å². The summed E-state index contributed by atoms with van der Waals surface area (Å²) in [6.07, 6.45) is 1.63. The minimum Gasteiger partial charge on any atom is -0.449 e. The molecule has 2 amide bonds. The molecule has 2 aliphatic heterocycles. The van der Waals surface area contributed by atoms with Crippen LogP contribution in [0.4, 0.5) is 10.1 Å². The summed E-state index contributed by atoms with van der Waals surface area (Å²) in [6.45, 7) is 2.31. The molecule has 0 aromatic heterocycles. The smallest absolute Gasteiger partial charge is 0.294 e. The van der Waals surface area contributed by atoms with E-state index in [0.717, 1.165) is 0 Å². The van der Waals surface area contributed by atoms with Crippen molar-refractivity contribution in [2.45, 2.75) is 6.54 Å². The van der Waals surface area contributed by atoms with E-state index in [1.807, 2.05) is 12.1 Å². The molecule has 6 nitrogen and oxygen atoms in total. The summed E-state index contributed by atoms with van der Waals surface area (Å²) in [5.74, 6) is -0.135. The lowest BCUT2D eigenvalue weighted by Crippen LogP contribution is -2.40. The Balaban J connectivity index is 1.41. The van der Waals surface area contributed by atoms with E-state index in [-0.39, 0.29) is 29.9 Å². The number of para-hydroxylation sites is 2. The van der Waals surface area contributed by atoms with Crippen LogP contribution in [-0.4, -0.2) is 43.0 Å². The van der Waals surface area contributed by atoms with Crippen LogP contribution >= 0.6 is 0 Å². The summed E-state index contributed by atoms with van der Waals surface area (Å²) in [4.78, 5) is 29.3. The molecule has 0 N–H and O–H groups in total. The lowest BCUT2D eigenvalue weighted by Gasteiger charge is -2.30. The average molecular weight is 458 g/mol. The van der Waals surface area contributed by atoms with Crippen LogP contribution in [0.3, 0.4) is 0 Å². The molecule has 0 atom stereocenters. The first kappa shape index (κ1) is 21.9. The zero-order valence-corrected chi connectivity index (χ0v) is 18.4. The fraction of sp³-hybridized carbons (Fsp3) is 0.185. The molecule has 0 unspecified atom stereocenters. The van der Waals surface area contributed by atoms with Gasteiger partial charge in [-0.25, -0.2) is 4.39 Å². The second-order valence-corrected chi connectivity index (χ2v) is 8.09. The monoisotopic (exact) mass is 458 g/mol. The second-order valence-electron chi connectivity index (χ2n) is 8.09. The number of hydrogen-bond acceptors (Lipinski definition) is 4. The highest BCUT2D eigenvalue weighted by atomic mass is 19.1. The Morgan fingerprint density at radius 3 is 2.41 bits per heavy atom. The number of rotatable bonds is 4. The number of halogens is 1. The lowest BCUT2D eigenvalue weighted by molar-refractivity contribution is -0.117. The Bertz CT molecular complexity index is 1250. The SMILES string of the molecule is O=C(c1ccc(C=C2Oc3ccccc3N(Cc3ccccc3F)C2=O)cc1)N1CCOCC1. The topological polar surface area (TPSA) is 59.1 Å². The van der Waals surface area contributed by atoms with Gasteiger partial charge in [0, 0.05) is 24.2 Å². The summed E-state index contributed by atoms with van der Waals surface area (Å²) in [5.41, 5.74) is 2.29. The first-order valence-electron chi connectivity index (χ1n) is 11.1. The van der Waals surface area contributed by atoms with E-state index < -0.39 is 0 Å². The van der Waals surface area contributed by atoms with E-state index in [1.54, 1.807) is 65.6 Å². The van der Waals surface area contributed by atoms with Gasteiger partial charge in [-0.2, -0.15) is 0 Å². The van der Waals surface area contributed by atoms with Crippen molar-refractivity contribution >= 4 is 23.6 Å². The van der Waals surface area contributed by atoms with Gasteiger partial charge < -0.3 is 14.4 Å². The van der Waals surface area contributed by atoms with Crippen molar-refractivity contribution in [2.75, 3.05) is 31.2 Å². The molecule has 5 rings (SSSR count). The Hall–Kier alpha value is -3.97. The molecule has 7 heteroatoms. The van der Waals surface area contributed by atoms with Crippen LogP contribution in [0.25, 0.3) is 6.08 Å². The third kappa shape index (κ3) is 4.43. The molecule has 2 aliphatic rings. The number of ether oxygens (including phenoxy) is 2. The van der Waals surface area contributed by atoms with E-state index in [1.165, 1.54) is 11.0 Å². The van der Waals surface area contributed by atoms with Crippen LogP contribution in [0.5, 0.6) is 5.75 Å². The Morgan fingerprint density at radius 2 is 1.65 bits per heavy atom. The molecule has 0 aliphatic carbocycles. The zero-order chi connectivity index (χ0) is 23.5. The van der Waals surface area contributed by atoms with Gasteiger partial charge in [0.1, 0.15) is 5.82 Å². The van der Waals surface area contributed by atoms with Crippen LogP contribution in [0.1, 0.15) is 21.5 Å². The van der Waals surface area contributed by atoms with Gasteiger partial charge in [-0.1, -0.05) is 42.5 Å². The zero-order valence-electron chi connectivity index (χ0n) is 18.4. The molecule has 3 aromatic carbocycles. The fourth-order valence-corrected chi connectivity index (χ4v) is 4.04. The van der Waals surface area contributed by atoms with E-state index in [9.17, 15) is 14.0 Å². The van der Waals surface area contributed by atoms with Crippen molar-refractivity contribution in [3.63, 3.8) is 0 Å². The number of carbonyl (C=O) groups excluding carboxylic acids is 2. The van der Waals surface area contributed by atoms with Crippen LogP contribution in [0, 0.1) is 5.82 Å². The number of amides is 2. The molecule has 0 saturated carbocycles. The number of carbonyl (C=O) groups is 2. The van der Waals surface area contributed by atoms with Gasteiger partial charge >= 0.3 is 0 Å². The predicted octanol–water partition coefficient (Wildman–Crippen LogP) is 4.26. The lowest BCUT2D eigenvalue weighted by atomic mass is 10.1. The summed E-state index contributed by atoms with van der Waals surface area (Å²) in [6, 6.07) is 20.6. The van der Waals surface area contributed by atoms with Gasteiger partial charge in [-0.15, -0.1) is 0 Å². The molecule has 34 heavy (non-hydrogen) atoms. The molecule has 0 radical (unpaired) electrons. The first-order chi connectivity index (χ1) is 16.6. The van der Waals surface area contributed by atoms with Crippen LogP contribution in [0.2, 0.25) is 0 Å². The van der Waals surface area contributed by atoms with Crippen molar-refractivity contribution in [3.05, 3.63) is 101 Å². The molecule has 2 heterocycles. The molecular formula is C27H23FN2O4. The van der Waals surface area contributed by atoms with E-state index >= 15 is 0 Å². The fourth-order valence-electron chi connectivity index (χ4n) is 4.04. The van der Waals surface area contributed by atoms with Gasteiger partial charge in [0.15, 0.2) is 11.5 Å². The van der Waals surface area contributed by atoms with Crippen molar-refractivity contribution < 1.29 is 23.5 Å². The highest BCUT2D eigenvalue weighted by Gasteiger charge is 2.30. The highest BCUT2D eigenvalue weighted by Crippen LogP contribution is 2.36. The van der Waals surface area contributed by atoms with Crippen molar-refractivity contribution in [3.8, 4) is 5.75 Å². The summed E-state index contributed by atoms with van der Waals surface area (Å²) in [7, 11) is 0. The van der Waals surface area contributed by atoms with Gasteiger partial charge in [0.25, 0.3) is 11.8 Å². The van der Waals surface area contributed by atoms with E-state index in [0.29, 0.717) is 54.4 Å². The number of fused-ring (bicyclic) bond motifs is 1. The third-order valence-electron chi connectivity index (χ3n) is 5.87. The summed E-state index contributed by atoms with van der Waals surface area (Å²) < 4.78 is 25.5. The van der Waals surface area contributed by atoms with Crippen LogP contribution < -0.4 is 9.64 Å². The van der Waals surface area contributed by atoms with E-state index in [2.05, 4.69) is 0 Å². The maximum absolute atomic E-state index is 14.3. The van der Waals surface area contributed by atoms with E-state index in [4.69, 9.17) is 9.47 Å². The maximum Gasteiger partial charge on any atom is 0.294 e. The second kappa shape index (κ2) is 9.49. The number of hydrogen-bond donors (Lipinski definition) is 0. The average Bonchev–Trinajstić information content (AvgIpc) is 2.88. The molecule has 1 saturated heterocycles. The normalized spacial score (nSPS) is 16.9. The largest absolute Gasteiger partial charge is 0.449 e. The number of nitrogens with zero attached hydrogens (tertiary/aromatic N) is 2. The van der Waals surface area contributed by atoms with Gasteiger partial charge in [0.2, 0.25) is 0 Å². The minimum atomic E-state index is -0.370. The van der Waals surface area contributed by atoms with Crippen molar-refractivity contribution in [1.29, 1.82) is 0 Å². The molecule has 3 aromatic rings. The molecule has 0 spiro atoms. The quantitative estimate of drug-likeness (QED) is 0.548. The molecular weight excluding hydrogens is 435 g/mol. The molecule has 0 bridgehead atoms. The van der Waals surface area contributed by atoms with Crippen LogP contribution in [0.15, 0.2) is 78.6 Å². The Morgan fingerprint density at radius 1 is 0.941 bits per heavy atom. The number of morpholine rings is 1. The number of anilines is 1. The Kier molecular flexibility index (Phi) is 6.10. The molecule has 1 fully saturated rings. The Labute approximate surface area is 196 Å².